The van der Waals surface area contributed by atoms with Crippen LogP contribution < -0.4 is 0 Å². The first-order chi connectivity index (χ1) is 13.5. The lowest BCUT2D eigenvalue weighted by Gasteiger charge is -2.35. The van der Waals surface area contributed by atoms with Crippen LogP contribution in [0.15, 0.2) is 54.6 Å². The minimum atomic E-state index is -0.567. The van der Waals surface area contributed by atoms with Crippen LogP contribution in [0.4, 0.5) is 4.39 Å². The summed E-state index contributed by atoms with van der Waals surface area (Å²) in [7, 11) is 0. The molecule has 1 saturated heterocycles. The van der Waals surface area contributed by atoms with Crippen LogP contribution in [0, 0.1) is 11.7 Å². The van der Waals surface area contributed by atoms with Gasteiger partial charge in [0, 0.05) is 6.54 Å². The van der Waals surface area contributed by atoms with Gasteiger partial charge in [0.2, 0.25) is 0 Å². The molecule has 3 atom stereocenters. The molecule has 2 aromatic carbocycles. The Balaban J connectivity index is 1.39. The van der Waals surface area contributed by atoms with E-state index in [-0.39, 0.29) is 17.8 Å². The van der Waals surface area contributed by atoms with Gasteiger partial charge in [-0.15, -0.1) is 0 Å². The Hall–Kier alpha value is -1.79. The molecule has 1 fully saturated rings. The van der Waals surface area contributed by atoms with Crippen molar-refractivity contribution in [2.45, 2.75) is 38.1 Å². The van der Waals surface area contributed by atoms with Gasteiger partial charge in [-0.2, -0.15) is 0 Å². The number of rotatable bonds is 8. The molecule has 28 heavy (non-hydrogen) atoms. The molecule has 0 aliphatic carbocycles. The molecule has 0 amide bonds. The van der Waals surface area contributed by atoms with Gasteiger partial charge in [0.15, 0.2) is 0 Å². The molecular weight excluding hydrogens is 357 g/mol. The van der Waals surface area contributed by atoms with Crippen molar-refractivity contribution in [3.8, 4) is 0 Å². The molecule has 1 aliphatic rings. The largest absolute Gasteiger partial charge is 0.389 e. The van der Waals surface area contributed by atoms with Gasteiger partial charge in [-0.05, 0) is 62.0 Å². The summed E-state index contributed by atoms with van der Waals surface area (Å²) in [5.41, 5.74) is 1.87. The van der Waals surface area contributed by atoms with E-state index in [1.165, 1.54) is 12.1 Å². The van der Waals surface area contributed by atoms with Gasteiger partial charge in [0.05, 0.1) is 24.9 Å². The van der Waals surface area contributed by atoms with Crippen LogP contribution in [0.5, 0.6) is 0 Å². The molecule has 2 N–H and O–H groups in total. The van der Waals surface area contributed by atoms with Crippen LogP contribution in [0.1, 0.15) is 43.1 Å². The molecular formula is C23H30FNO3. The Morgan fingerprint density at radius 2 is 1.64 bits per heavy atom. The van der Waals surface area contributed by atoms with Crippen LogP contribution >= 0.6 is 0 Å². The molecule has 1 aliphatic heterocycles. The van der Waals surface area contributed by atoms with Crippen LogP contribution in [0.3, 0.4) is 0 Å². The van der Waals surface area contributed by atoms with Crippen molar-refractivity contribution in [1.82, 2.24) is 4.90 Å². The lowest BCUT2D eigenvalue weighted by molar-refractivity contribution is -0.0233. The number of aliphatic hydroxyl groups is 2. The maximum Gasteiger partial charge on any atom is 0.123 e. The van der Waals surface area contributed by atoms with E-state index in [9.17, 15) is 14.6 Å². The quantitative estimate of drug-likeness (QED) is 0.725. The molecule has 2 aromatic rings. The molecule has 3 rings (SSSR count). The predicted octanol–water partition coefficient (Wildman–Crippen LogP) is 3.71. The van der Waals surface area contributed by atoms with Crippen molar-refractivity contribution in [2.24, 2.45) is 5.92 Å². The highest BCUT2D eigenvalue weighted by atomic mass is 19.1. The Labute approximate surface area is 166 Å². The fourth-order valence-electron chi connectivity index (χ4n) is 3.81. The average Bonchev–Trinajstić information content (AvgIpc) is 2.73. The monoisotopic (exact) mass is 387 g/mol. The zero-order valence-corrected chi connectivity index (χ0v) is 16.4. The van der Waals surface area contributed by atoms with Gasteiger partial charge >= 0.3 is 0 Å². The summed E-state index contributed by atoms with van der Waals surface area (Å²) < 4.78 is 18.9. The number of ether oxygens (including phenoxy) is 1. The van der Waals surface area contributed by atoms with Crippen molar-refractivity contribution >= 4 is 0 Å². The SMILES string of the molecule is CC(OCC(O)CN1CCC(C(O)c2ccc(F)cc2)CC1)c1ccccc1. The summed E-state index contributed by atoms with van der Waals surface area (Å²) in [6.45, 7) is 4.52. The highest BCUT2D eigenvalue weighted by Gasteiger charge is 2.27. The van der Waals surface area contributed by atoms with Gasteiger partial charge in [-0.3, -0.25) is 0 Å². The molecule has 5 heteroatoms. The first-order valence-corrected chi connectivity index (χ1v) is 10.0. The standard InChI is InChI=1S/C23H30FNO3/c1-17(18-5-3-2-4-6-18)28-16-22(26)15-25-13-11-20(12-14-25)23(27)19-7-9-21(24)10-8-19/h2-10,17,20,22-23,26-27H,11-16H2,1H3. The number of benzene rings is 2. The minimum Gasteiger partial charge on any atom is -0.389 e. The van der Waals surface area contributed by atoms with E-state index in [1.807, 2.05) is 37.3 Å². The number of hydrogen-bond donors (Lipinski definition) is 2. The number of nitrogens with zero attached hydrogens (tertiary/aromatic N) is 1. The molecule has 0 spiro atoms. The summed E-state index contributed by atoms with van der Waals surface area (Å²) >= 11 is 0. The van der Waals surface area contributed by atoms with Crippen LogP contribution in [-0.2, 0) is 4.74 Å². The lowest BCUT2D eigenvalue weighted by Crippen LogP contribution is -2.41. The zero-order chi connectivity index (χ0) is 19.9. The fraction of sp³-hybridized carbons (Fsp3) is 0.478. The van der Waals surface area contributed by atoms with Crippen molar-refractivity contribution in [1.29, 1.82) is 0 Å². The summed E-state index contributed by atoms with van der Waals surface area (Å²) in [5, 5.41) is 20.9. The second kappa shape index (κ2) is 10.1. The molecule has 1 heterocycles. The number of aliphatic hydroxyl groups excluding tert-OH is 2. The maximum absolute atomic E-state index is 13.1. The smallest absolute Gasteiger partial charge is 0.123 e. The van der Waals surface area contributed by atoms with E-state index < -0.39 is 12.2 Å². The molecule has 0 radical (unpaired) electrons. The van der Waals surface area contributed by atoms with Crippen molar-refractivity contribution < 1.29 is 19.3 Å². The average molecular weight is 387 g/mol. The molecule has 3 unspecified atom stereocenters. The van der Waals surface area contributed by atoms with Crippen molar-refractivity contribution in [3.05, 3.63) is 71.5 Å². The van der Waals surface area contributed by atoms with Gasteiger partial charge in [-0.1, -0.05) is 42.5 Å². The fourth-order valence-corrected chi connectivity index (χ4v) is 3.81. The van der Waals surface area contributed by atoms with E-state index >= 15 is 0 Å². The maximum atomic E-state index is 13.1. The highest BCUT2D eigenvalue weighted by Crippen LogP contribution is 2.30. The Kier molecular flexibility index (Phi) is 7.57. The molecule has 0 saturated carbocycles. The second-order valence-corrected chi connectivity index (χ2v) is 7.67. The molecule has 4 nitrogen and oxygen atoms in total. The highest BCUT2D eigenvalue weighted by molar-refractivity contribution is 5.19. The summed E-state index contributed by atoms with van der Waals surface area (Å²) in [6.07, 6.45) is 0.555. The molecule has 0 bridgehead atoms. The van der Waals surface area contributed by atoms with Gasteiger partial charge < -0.3 is 19.8 Å². The first kappa shape index (κ1) is 20.9. The number of β-amino-alcohol motifs (C(OH)–C–C–N with tert-alkyl or cyclic N) is 1. The topological polar surface area (TPSA) is 52.9 Å². The Morgan fingerprint density at radius 1 is 1.00 bits per heavy atom. The first-order valence-electron chi connectivity index (χ1n) is 10.0. The summed E-state index contributed by atoms with van der Waals surface area (Å²) in [5.74, 6) is -0.128. The zero-order valence-electron chi connectivity index (χ0n) is 16.4. The van der Waals surface area contributed by atoms with Gasteiger partial charge in [0.1, 0.15) is 5.82 Å². The Bertz CT molecular complexity index is 702. The van der Waals surface area contributed by atoms with E-state index in [4.69, 9.17) is 4.74 Å². The normalized spacial score (nSPS) is 19.3. The third-order valence-corrected chi connectivity index (χ3v) is 5.57. The third-order valence-electron chi connectivity index (χ3n) is 5.57. The van der Waals surface area contributed by atoms with Crippen LogP contribution in [0.25, 0.3) is 0 Å². The minimum absolute atomic E-state index is 0.0487. The van der Waals surface area contributed by atoms with Crippen LogP contribution in [-0.4, -0.2) is 47.5 Å². The lowest BCUT2D eigenvalue weighted by atomic mass is 9.87. The van der Waals surface area contributed by atoms with E-state index in [0.717, 1.165) is 37.1 Å². The molecule has 0 aromatic heterocycles. The number of halogens is 1. The molecule has 152 valence electrons. The number of hydrogen-bond acceptors (Lipinski definition) is 4. The summed E-state index contributed by atoms with van der Waals surface area (Å²) in [6, 6.07) is 16.1. The number of likely N-dealkylation sites (tertiary alicyclic amines) is 1. The van der Waals surface area contributed by atoms with Crippen molar-refractivity contribution in [2.75, 3.05) is 26.2 Å². The Morgan fingerprint density at radius 3 is 2.29 bits per heavy atom. The number of piperidine rings is 1. The second-order valence-electron chi connectivity index (χ2n) is 7.67. The third kappa shape index (κ3) is 5.85. The van der Waals surface area contributed by atoms with Gasteiger partial charge in [-0.25, -0.2) is 4.39 Å². The van der Waals surface area contributed by atoms with Crippen molar-refractivity contribution in [3.63, 3.8) is 0 Å². The van der Waals surface area contributed by atoms with E-state index in [1.54, 1.807) is 12.1 Å². The predicted molar refractivity (Wildman–Crippen MR) is 107 cm³/mol. The van der Waals surface area contributed by atoms with Gasteiger partial charge in [0.25, 0.3) is 0 Å². The summed E-state index contributed by atoms with van der Waals surface area (Å²) in [4.78, 5) is 2.22. The van der Waals surface area contributed by atoms with E-state index in [0.29, 0.717) is 13.2 Å². The van der Waals surface area contributed by atoms with E-state index in [2.05, 4.69) is 4.90 Å². The van der Waals surface area contributed by atoms with Crippen LogP contribution in [0.2, 0.25) is 0 Å².